The minimum absolute atomic E-state index is 0. The van der Waals surface area contributed by atoms with Gasteiger partial charge in [-0.25, -0.2) is 14.4 Å². The topological polar surface area (TPSA) is 58.5 Å². The molecule has 0 aliphatic heterocycles. The largest absolute Gasteiger partial charge is 0.491 e. The summed E-state index contributed by atoms with van der Waals surface area (Å²) in [5.41, 5.74) is 1.88. The zero-order chi connectivity index (χ0) is 18.1. The first-order valence-corrected chi connectivity index (χ1v) is 9.34. The van der Waals surface area contributed by atoms with Crippen LogP contribution in [0.4, 0.5) is 4.39 Å². The third-order valence-electron chi connectivity index (χ3n) is 3.40. The Morgan fingerprint density at radius 3 is 2.73 bits per heavy atom. The first-order valence-electron chi connectivity index (χ1n) is 8.46. The van der Waals surface area contributed by atoms with E-state index in [1.807, 2.05) is 26.8 Å². The number of hydrogen-bond acceptors (Lipinski definition) is 4. The van der Waals surface area contributed by atoms with Crippen LogP contribution < -0.4 is 15.4 Å². The van der Waals surface area contributed by atoms with Crippen LogP contribution in [0.25, 0.3) is 0 Å². The van der Waals surface area contributed by atoms with Gasteiger partial charge in [0.05, 0.1) is 23.9 Å². The Kier molecular flexibility index (Phi) is 10.5. The molecule has 1 aromatic heterocycles. The fourth-order valence-corrected chi connectivity index (χ4v) is 2.91. The third kappa shape index (κ3) is 7.45. The molecule has 0 saturated heterocycles. The van der Waals surface area contributed by atoms with Crippen molar-refractivity contribution in [3.63, 3.8) is 0 Å². The zero-order valence-electron chi connectivity index (χ0n) is 15.3. The summed E-state index contributed by atoms with van der Waals surface area (Å²) < 4.78 is 19.1. The van der Waals surface area contributed by atoms with Gasteiger partial charge in [0.1, 0.15) is 0 Å². The van der Waals surface area contributed by atoms with Crippen molar-refractivity contribution in [3.8, 4) is 5.75 Å². The molecule has 0 radical (unpaired) electrons. The second kappa shape index (κ2) is 12.1. The number of ether oxygens (including phenoxy) is 1. The average molecular weight is 492 g/mol. The Labute approximate surface area is 175 Å². The van der Waals surface area contributed by atoms with E-state index in [1.54, 1.807) is 17.4 Å². The van der Waals surface area contributed by atoms with Crippen LogP contribution >= 0.6 is 35.3 Å². The van der Waals surface area contributed by atoms with Crippen molar-refractivity contribution in [2.75, 3.05) is 19.7 Å². The molecule has 2 N–H and O–H groups in total. The third-order valence-corrected chi connectivity index (χ3v) is 4.22. The minimum atomic E-state index is -0.355. The van der Waals surface area contributed by atoms with E-state index in [9.17, 15) is 4.39 Å². The highest BCUT2D eigenvalue weighted by atomic mass is 127. The van der Waals surface area contributed by atoms with Crippen LogP contribution in [0.15, 0.2) is 28.6 Å². The van der Waals surface area contributed by atoms with Crippen molar-refractivity contribution in [1.82, 2.24) is 15.6 Å². The van der Waals surface area contributed by atoms with E-state index in [0.717, 1.165) is 35.8 Å². The lowest BCUT2D eigenvalue weighted by molar-refractivity contribution is 0.321. The number of aromatic nitrogens is 1. The highest BCUT2D eigenvalue weighted by molar-refractivity contribution is 14.0. The summed E-state index contributed by atoms with van der Waals surface area (Å²) in [6, 6.07) is 4.95. The number of hydrogen-bond donors (Lipinski definition) is 2. The van der Waals surface area contributed by atoms with E-state index in [0.29, 0.717) is 19.1 Å². The molecular weight excluding hydrogens is 466 g/mol. The molecule has 0 aliphatic carbocycles. The lowest BCUT2D eigenvalue weighted by Crippen LogP contribution is -2.38. The highest BCUT2D eigenvalue weighted by Gasteiger charge is 2.05. The van der Waals surface area contributed by atoms with Crippen LogP contribution in [0.1, 0.15) is 30.1 Å². The maximum atomic E-state index is 13.9. The Morgan fingerprint density at radius 1 is 1.31 bits per heavy atom. The van der Waals surface area contributed by atoms with E-state index in [2.05, 4.69) is 26.0 Å². The van der Waals surface area contributed by atoms with E-state index < -0.39 is 0 Å². The van der Waals surface area contributed by atoms with Gasteiger partial charge >= 0.3 is 0 Å². The molecule has 0 spiro atoms. The summed E-state index contributed by atoms with van der Waals surface area (Å²) in [7, 11) is 0. The summed E-state index contributed by atoms with van der Waals surface area (Å²) in [4.78, 5) is 8.95. The average Bonchev–Trinajstić information content (AvgIpc) is 3.00. The lowest BCUT2D eigenvalue weighted by Gasteiger charge is -2.11. The Morgan fingerprint density at radius 2 is 2.12 bits per heavy atom. The van der Waals surface area contributed by atoms with Crippen molar-refractivity contribution < 1.29 is 9.13 Å². The Balaban J connectivity index is 0.00000338. The van der Waals surface area contributed by atoms with Crippen LogP contribution in [0.2, 0.25) is 0 Å². The molecule has 1 heterocycles. The SMILES string of the molecule is CCNC(=NCc1ccc(OCC)c(F)c1)NCCc1csc(C)n1.I. The number of benzene rings is 1. The van der Waals surface area contributed by atoms with Gasteiger partial charge in [-0.15, -0.1) is 35.3 Å². The fourth-order valence-electron chi connectivity index (χ4n) is 2.26. The molecule has 0 unspecified atom stereocenters. The van der Waals surface area contributed by atoms with Gasteiger partial charge in [0, 0.05) is 24.9 Å². The van der Waals surface area contributed by atoms with Crippen molar-refractivity contribution in [3.05, 3.63) is 45.7 Å². The van der Waals surface area contributed by atoms with E-state index in [1.165, 1.54) is 6.07 Å². The number of nitrogens with one attached hydrogen (secondary N) is 2. The van der Waals surface area contributed by atoms with Gasteiger partial charge in [0.15, 0.2) is 17.5 Å². The Bertz CT molecular complexity index is 708. The molecule has 0 aliphatic rings. The minimum Gasteiger partial charge on any atom is -0.491 e. The molecule has 0 amide bonds. The summed E-state index contributed by atoms with van der Waals surface area (Å²) in [6.45, 7) is 8.20. The Hall–Kier alpha value is -1.42. The normalized spacial score (nSPS) is 11.0. The molecule has 2 rings (SSSR count). The van der Waals surface area contributed by atoms with Crippen LogP contribution in [0.3, 0.4) is 0 Å². The lowest BCUT2D eigenvalue weighted by atomic mass is 10.2. The number of guanidine groups is 1. The maximum absolute atomic E-state index is 13.9. The van der Waals surface area contributed by atoms with Crippen molar-refractivity contribution in [2.45, 2.75) is 33.7 Å². The molecule has 1 aromatic carbocycles. The molecule has 0 fully saturated rings. The molecule has 26 heavy (non-hydrogen) atoms. The molecular formula is C18H26FIN4OS. The zero-order valence-corrected chi connectivity index (χ0v) is 18.5. The molecule has 0 atom stereocenters. The standard InChI is InChI=1S/C18H25FN4OS.HI/c1-4-20-18(21-9-8-15-12-25-13(3)23-15)22-11-14-6-7-17(24-5-2)16(19)10-14;/h6-7,10,12H,4-5,8-9,11H2,1-3H3,(H2,20,21,22);1H. The van der Waals surface area contributed by atoms with Crippen molar-refractivity contribution in [1.29, 1.82) is 0 Å². The van der Waals surface area contributed by atoms with Crippen molar-refractivity contribution in [2.24, 2.45) is 4.99 Å². The number of nitrogens with zero attached hydrogens (tertiary/aromatic N) is 2. The highest BCUT2D eigenvalue weighted by Crippen LogP contribution is 2.18. The second-order valence-corrected chi connectivity index (χ2v) is 6.49. The van der Waals surface area contributed by atoms with Crippen molar-refractivity contribution >= 4 is 41.3 Å². The summed E-state index contributed by atoms with van der Waals surface area (Å²) in [5, 5.41) is 9.62. The first-order chi connectivity index (χ1) is 12.1. The summed E-state index contributed by atoms with van der Waals surface area (Å²) >= 11 is 1.66. The number of aliphatic imine (C=N–C) groups is 1. The molecule has 2 aromatic rings. The molecule has 144 valence electrons. The van der Waals surface area contributed by atoms with Gasteiger partial charge in [0.25, 0.3) is 0 Å². The number of halogens is 2. The van der Waals surface area contributed by atoms with Crippen LogP contribution in [-0.4, -0.2) is 30.6 Å². The van der Waals surface area contributed by atoms with E-state index in [-0.39, 0.29) is 35.5 Å². The first kappa shape index (κ1) is 22.6. The van der Waals surface area contributed by atoms with Crippen LogP contribution in [0.5, 0.6) is 5.75 Å². The maximum Gasteiger partial charge on any atom is 0.191 e. The van der Waals surface area contributed by atoms with Gasteiger partial charge in [0.2, 0.25) is 0 Å². The molecule has 0 bridgehead atoms. The van der Waals surface area contributed by atoms with Crippen LogP contribution in [-0.2, 0) is 13.0 Å². The molecule has 5 nitrogen and oxygen atoms in total. The smallest absolute Gasteiger partial charge is 0.191 e. The monoisotopic (exact) mass is 492 g/mol. The van der Waals surface area contributed by atoms with Gasteiger partial charge < -0.3 is 15.4 Å². The van der Waals surface area contributed by atoms with Gasteiger partial charge in [-0.1, -0.05) is 6.07 Å². The number of thiazole rings is 1. The number of rotatable bonds is 8. The predicted octanol–water partition coefficient (Wildman–Crippen LogP) is 3.91. The van der Waals surface area contributed by atoms with Crippen LogP contribution in [0, 0.1) is 12.7 Å². The van der Waals surface area contributed by atoms with Gasteiger partial charge in [-0.3, -0.25) is 0 Å². The number of aryl methyl sites for hydroxylation is 1. The fraction of sp³-hybridized carbons (Fsp3) is 0.444. The van der Waals surface area contributed by atoms with E-state index >= 15 is 0 Å². The van der Waals surface area contributed by atoms with Gasteiger partial charge in [-0.2, -0.15) is 0 Å². The molecule has 8 heteroatoms. The molecule has 0 saturated carbocycles. The summed E-state index contributed by atoms with van der Waals surface area (Å²) in [6.07, 6.45) is 0.840. The van der Waals surface area contributed by atoms with Gasteiger partial charge in [-0.05, 0) is 38.5 Å². The quantitative estimate of drug-likeness (QED) is 0.334. The van der Waals surface area contributed by atoms with E-state index in [4.69, 9.17) is 4.74 Å². The summed E-state index contributed by atoms with van der Waals surface area (Å²) in [5.74, 6) is 0.633. The second-order valence-electron chi connectivity index (χ2n) is 5.43. The predicted molar refractivity (Wildman–Crippen MR) is 116 cm³/mol.